The molecule has 0 unspecified atom stereocenters. The number of hydrogen-bond donors (Lipinski definition) is 0. The second-order valence-electron chi connectivity index (χ2n) is 17.9. The van der Waals surface area contributed by atoms with Crippen LogP contribution in [0.3, 0.4) is 0 Å². The maximum absolute atomic E-state index is 5.49. The molecule has 0 atom stereocenters. The third-order valence-electron chi connectivity index (χ3n) is 13.6. The van der Waals surface area contributed by atoms with E-state index in [1.165, 1.54) is 44.5 Å². The number of pyridine rings is 2. The van der Waals surface area contributed by atoms with E-state index in [-0.39, 0.29) is 10.8 Å². The summed E-state index contributed by atoms with van der Waals surface area (Å²) in [4.78, 5) is 21.0. The fraction of sp³-hybridized carbons (Fsp3) is 0.103. The molecule has 62 heavy (non-hydrogen) atoms. The highest BCUT2D eigenvalue weighted by atomic mass is 14.9. The van der Waals surface area contributed by atoms with Crippen molar-refractivity contribution in [2.45, 2.75) is 38.5 Å². The molecule has 3 aromatic heterocycles. The second-order valence-corrected chi connectivity index (χ2v) is 17.9. The molecule has 0 N–H and O–H groups in total. The zero-order chi connectivity index (χ0) is 41.7. The molecule has 0 radical (unpaired) electrons. The molecule has 0 spiro atoms. The van der Waals surface area contributed by atoms with E-state index in [0.29, 0.717) is 5.82 Å². The van der Waals surface area contributed by atoms with Gasteiger partial charge in [0, 0.05) is 61.8 Å². The topological polar surface area (TPSA) is 51.6 Å². The van der Waals surface area contributed by atoms with Crippen molar-refractivity contribution < 1.29 is 0 Å². The van der Waals surface area contributed by atoms with E-state index in [0.717, 1.165) is 72.1 Å². The van der Waals surface area contributed by atoms with E-state index < -0.39 is 0 Å². The summed E-state index contributed by atoms with van der Waals surface area (Å²) >= 11 is 0. The average molecular weight is 795 g/mol. The maximum Gasteiger partial charge on any atom is 0.160 e. The lowest BCUT2D eigenvalue weighted by atomic mass is 9.82. The lowest BCUT2D eigenvalue weighted by molar-refractivity contribution is 0.660. The monoisotopic (exact) mass is 794 g/mol. The highest BCUT2D eigenvalue weighted by molar-refractivity contribution is 5.99. The molecule has 3 heterocycles. The van der Waals surface area contributed by atoms with Gasteiger partial charge in [-0.25, -0.2) is 9.97 Å². The van der Waals surface area contributed by atoms with Gasteiger partial charge in [-0.2, -0.15) is 0 Å². The van der Waals surface area contributed by atoms with Crippen LogP contribution in [-0.2, 0) is 10.8 Å². The van der Waals surface area contributed by atoms with Gasteiger partial charge in [-0.3, -0.25) is 9.97 Å². The van der Waals surface area contributed by atoms with E-state index in [9.17, 15) is 0 Å². The largest absolute Gasteiger partial charge is 0.256 e. The molecule has 7 aromatic carbocycles. The number of rotatable bonds is 5. The van der Waals surface area contributed by atoms with Crippen molar-refractivity contribution in [2.24, 2.45) is 0 Å². The summed E-state index contributed by atoms with van der Waals surface area (Å²) < 4.78 is 0. The number of hydrogen-bond acceptors (Lipinski definition) is 4. The van der Waals surface area contributed by atoms with Crippen LogP contribution in [0.4, 0.5) is 0 Å². The van der Waals surface area contributed by atoms with Crippen molar-refractivity contribution in [2.75, 3.05) is 0 Å². The van der Waals surface area contributed by atoms with Crippen molar-refractivity contribution in [1.29, 1.82) is 0 Å². The molecule has 4 heteroatoms. The summed E-state index contributed by atoms with van der Waals surface area (Å²) in [5, 5.41) is 4.47. The molecule has 0 bridgehead atoms. The Kier molecular flexibility index (Phi) is 7.89. The van der Waals surface area contributed by atoms with E-state index >= 15 is 0 Å². The lowest BCUT2D eigenvalue weighted by Crippen LogP contribution is -2.14. The van der Waals surface area contributed by atoms with Crippen molar-refractivity contribution in [1.82, 2.24) is 19.9 Å². The standard InChI is InChI=1S/C58H42N4/c1-57(2)48-19-11-9-17-44(48)46-32-37(21-23-50(46)57)52-34-53(62-56(61-52)38-22-24-51-47(33-38)45-18-10-12-20-49(45)58(51,3)4)39-29-40(54-42-15-7-5-13-35(42)25-27-59-54)31-41(30-39)55-43-16-8-6-14-36(43)26-28-60-55/h5-34H,1-4H3. The van der Waals surface area contributed by atoms with E-state index in [4.69, 9.17) is 19.9 Å². The Labute approximate surface area is 361 Å². The van der Waals surface area contributed by atoms with Crippen LogP contribution in [-0.4, -0.2) is 19.9 Å². The fourth-order valence-electron chi connectivity index (χ4n) is 10.4. The SMILES string of the molecule is CC1(C)c2ccccc2-c2cc(-c3cc(-c4cc(-c5nccc6ccccc56)cc(-c5nccc6ccccc56)c4)nc(-c4ccc5c(c4)-c4ccccc4C5(C)C)n3)ccc21. The van der Waals surface area contributed by atoms with Crippen LogP contribution in [0.5, 0.6) is 0 Å². The third kappa shape index (κ3) is 5.53. The van der Waals surface area contributed by atoms with Crippen molar-refractivity contribution in [3.05, 3.63) is 205 Å². The van der Waals surface area contributed by atoms with Gasteiger partial charge in [0.25, 0.3) is 0 Å². The van der Waals surface area contributed by atoms with Crippen LogP contribution < -0.4 is 0 Å². The predicted octanol–water partition coefficient (Wildman–Crippen LogP) is 14.5. The van der Waals surface area contributed by atoms with Gasteiger partial charge in [-0.05, 0) is 104 Å². The molecular formula is C58H42N4. The molecule has 2 aliphatic rings. The van der Waals surface area contributed by atoms with Gasteiger partial charge in [0.1, 0.15) is 0 Å². The van der Waals surface area contributed by atoms with Gasteiger partial charge in [0.2, 0.25) is 0 Å². The average Bonchev–Trinajstić information content (AvgIpc) is 3.69. The smallest absolute Gasteiger partial charge is 0.160 e. The highest BCUT2D eigenvalue weighted by Crippen LogP contribution is 2.51. The first-order valence-corrected chi connectivity index (χ1v) is 21.4. The predicted molar refractivity (Wildman–Crippen MR) is 255 cm³/mol. The summed E-state index contributed by atoms with van der Waals surface area (Å²) in [6, 6.07) is 61.2. The van der Waals surface area contributed by atoms with Crippen LogP contribution >= 0.6 is 0 Å². The molecule has 12 rings (SSSR count). The van der Waals surface area contributed by atoms with Gasteiger partial charge in [0.05, 0.1) is 22.8 Å². The van der Waals surface area contributed by atoms with Crippen molar-refractivity contribution in [3.63, 3.8) is 0 Å². The molecule has 2 aliphatic carbocycles. The lowest BCUT2D eigenvalue weighted by Gasteiger charge is -2.21. The molecule has 4 nitrogen and oxygen atoms in total. The highest BCUT2D eigenvalue weighted by Gasteiger charge is 2.36. The third-order valence-corrected chi connectivity index (χ3v) is 13.6. The molecule has 0 fully saturated rings. The summed E-state index contributed by atoms with van der Waals surface area (Å²) in [6.07, 6.45) is 3.81. The Morgan fingerprint density at radius 2 is 0.774 bits per heavy atom. The van der Waals surface area contributed by atoms with Crippen LogP contribution in [0.25, 0.3) is 100 Å². The van der Waals surface area contributed by atoms with Gasteiger partial charge in [-0.15, -0.1) is 0 Å². The molecule has 0 aliphatic heterocycles. The first-order chi connectivity index (χ1) is 30.2. The minimum absolute atomic E-state index is 0.0942. The van der Waals surface area contributed by atoms with Crippen molar-refractivity contribution in [3.8, 4) is 78.7 Å². The number of nitrogens with zero attached hydrogens (tertiary/aromatic N) is 4. The van der Waals surface area contributed by atoms with Gasteiger partial charge in [-0.1, -0.05) is 149 Å². The Hall–Kier alpha value is -7.56. The Bertz CT molecular complexity index is 3250. The van der Waals surface area contributed by atoms with Gasteiger partial charge < -0.3 is 0 Å². The molecule has 10 aromatic rings. The first kappa shape index (κ1) is 36.3. The van der Waals surface area contributed by atoms with Crippen LogP contribution in [0, 0.1) is 0 Å². The van der Waals surface area contributed by atoms with Gasteiger partial charge in [0.15, 0.2) is 5.82 Å². The molecule has 294 valence electrons. The second kappa shape index (κ2) is 13.5. The Morgan fingerprint density at radius 3 is 1.34 bits per heavy atom. The molecule has 0 saturated carbocycles. The van der Waals surface area contributed by atoms with Crippen molar-refractivity contribution >= 4 is 21.5 Å². The number of fused-ring (bicyclic) bond motifs is 8. The summed E-state index contributed by atoms with van der Waals surface area (Å²) in [5.41, 5.74) is 18.7. The quantitative estimate of drug-likeness (QED) is 0.174. The summed E-state index contributed by atoms with van der Waals surface area (Å²) in [6.45, 7) is 9.29. The van der Waals surface area contributed by atoms with E-state index in [2.05, 4.69) is 198 Å². The fourth-order valence-corrected chi connectivity index (χ4v) is 10.4. The van der Waals surface area contributed by atoms with Crippen LogP contribution in [0.1, 0.15) is 49.9 Å². The zero-order valence-corrected chi connectivity index (χ0v) is 35.1. The minimum atomic E-state index is -0.102. The van der Waals surface area contributed by atoms with E-state index in [1.807, 2.05) is 12.4 Å². The molecular weight excluding hydrogens is 753 g/mol. The molecule has 0 saturated heterocycles. The van der Waals surface area contributed by atoms with E-state index in [1.54, 1.807) is 0 Å². The zero-order valence-electron chi connectivity index (χ0n) is 35.1. The van der Waals surface area contributed by atoms with Crippen LogP contribution in [0.2, 0.25) is 0 Å². The Balaban J connectivity index is 1.11. The minimum Gasteiger partial charge on any atom is -0.256 e. The first-order valence-electron chi connectivity index (χ1n) is 21.4. The summed E-state index contributed by atoms with van der Waals surface area (Å²) in [7, 11) is 0. The molecule has 0 amide bonds. The normalized spacial score (nSPS) is 14.1. The number of aromatic nitrogens is 4. The Morgan fingerprint density at radius 1 is 0.339 bits per heavy atom. The van der Waals surface area contributed by atoms with Crippen LogP contribution in [0.15, 0.2) is 182 Å². The number of benzene rings is 7. The maximum atomic E-state index is 5.49. The summed E-state index contributed by atoms with van der Waals surface area (Å²) in [5.74, 6) is 0.683. The van der Waals surface area contributed by atoms with Gasteiger partial charge >= 0.3 is 0 Å².